The van der Waals surface area contributed by atoms with Crippen LogP contribution in [0.1, 0.15) is 76.0 Å². The molecular weight excluding hydrogens is 288 g/mol. The molecule has 2 heterocycles. The molecule has 1 aromatic heterocycles. The highest BCUT2D eigenvalue weighted by Crippen LogP contribution is 2.30. The predicted molar refractivity (Wildman–Crippen MR) is 92.9 cm³/mol. The molecule has 4 nitrogen and oxygen atoms in total. The summed E-state index contributed by atoms with van der Waals surface area (Å²) in [6, 6.07) is 2.22. The van der Waals surface area contributed by atoms with E-state index < -0.39 is 0 Å². The van der Waals surface area contributed by atoms with Crippen LogP contribution in [0.2, 0.25) is 0 Å². The first-order valence-electron chi connectivity index (χ1n) is 8.53. The number of ether oxygens (including phenoxy) is 1. The number of pyridine rings is 1. The van der Waals surface area contributed by atoms with Crippen molar-refractivity contribution in [2.24, 2.45) is 0 Å². The Morgan fingerprint density at radius 2 is 1.83 bits per heavy atom. The van der Waals surface area contributed by atoms with E-state index in [2.05, 4.69) is 39.6 Å². The Hall–Kier alpha value is -1.42. The minimum Gasteiger partial charge on any atom is -0.377 e. The van der Waals surface area contributed by atoms with E-state index in [0.29, 0.717) is 24.7 Å². The SMILES string of the molecule is CC(C)c1cc(C(=O)N2C(C)COCC2C)cnc1C(C)(C)C. The molecule has 0 radical (unpaired) electrons. The second kappa shape index (κ2) is 6.60. The molecule has 1 aromatic rings. The second-order valence-electron chi connectivity index (χ2n) is 8.01. The lowest BCUT2D eigenvalue weighted by Gasteiger charge is -2.39. The van der Waals surface area contributed by atoms with E-state index in [0.717, 1.165) is 11.3 Å². The fourth-order valence-electron chi connectivity index (χ4n) is 3.22. The van der Waals surface area contributed by atoms with Gasteiger partial charge in [0.05, 0.1) is 30.9 Å². The molecule has 1 aliphatic rings. The van der Waals surface area contributed by atoms with Gasteiger partial charge in [0.1, 0.15) is 0 Å². The van der Waals surface area contributed by atoms with Crippen LogP contribution in [0.15, 0.2) is 12.3 Å². The van der Waals surface area contributed by atoms with Gasteiger partial charge < -0.3 is 9.64 Å². The summed E-state index contributed by atoms with van der Waals surface area (Å²) in [4.78, 5) is 19.6. The molecule has 2 atom stereocenters. The van der Waals surface area contributed by atoms with Crippen molar-refractivity contribution in [1.29, 1.82) is 0 Å². The Labute approximate surface area is 140 Å². The first kappa shape index (κ1) is 17.9. The number of amides is 1. The van der Waals surface area contributed by atoms with E-state index in [4.69, 9.17) is 4.74 Å². The largest absolute Gasteiger partial charge is 0.377 e. The molecule has 1 amide bonds. The van der Waals surface area contributed by atoms with Gasteiger partial charge in [-0.2, -0.15) is 0 Å². The molecule has 0 N–H and O–H groups in total. The van der Waals surface area contributed by atoms with Crippen LogP contribution >= 0.6 is 0 Å². The maximum absolute atomic E-state index is 13.0. The van der Waals surface area contributed by atoms with Crippen LogP contribution < -0.4 is 0 Å². The van der Waals surface area contributed by atoms with E-state index in [1.54, 1.807) is 6.20 Å². The Balaban J connectivity index is 2.40. The Morgan fingerprint density at radius 1 is 1.26 bits per heavy atom. The van der Waals surface area contributed by atoms with Crippen molar-refractivity contribution < 1.29 is 9.53 Å². The first-order chi connectivity index (χ1) is 10.6. The molecule has 0 bridgehead atoms. The quantitative estimate of drug-likeness (QED) is 0.834. The predicted octanol–water partition coefficient (Wildman–Crippen LogP) is 3.75. The number of carbonyl (C=O) groups is 1. The van der Waals surface area contributed by atoms with Crippen LogP contribution in [0.4, 0.5) is 0 Å². The highest BCUT2D eigenvalue weighted by Gasteiger charge is 2.31. The number of hydrogen-bond acceptors (Lipinski definition) is 3. The lowest BCUT2D eigenvalue weighted by molar-refractivity contribution is -0.0249. The molecule has 1 saturated heterocycles. The van der Waals surface area contributed by atoms with Crippen molar-refractivity contribution in [3.8, 4) is 0 Å². The summed E-state index contributed by atoms with van der Waals surface area (Å²) in [5.41, 5.74) is 2.90. The summed E-state index contributed by atoms with van der Waals surface area (Å²) in [7, 11) is 0. The minimum absolute atomic E-state index is 0.0271. The number of morpholine rings is 1. The average molecular weight is 318 g/mol. The highest BCUT2D eigenvalue weighted by molar-refractivity contribution is 5.94. The van der Waals surface area contributed by atoms with E-state index in [1.165, 1.54) is 0 Å². The van der Waals surface area contributed by atoms with Crippen molar-refractivity contribution in [2.75, 3.05) is 13.2 Å². The van der Waals surface area contributed by atoms with E-state index in [-0.39, 0.29) is 23.4 Å². The Bertz CT molecular complexity index is 565. The Kier molecular flexibility index (Phi) is 5.14. The summed E-state index contributed by atoms with van der Waals surface area (Å²) in [5.74, 6) is 0.396. The minimum atomic E-state index is -0.0271. The third-order valence-corrected chi connectivity index (χ3v) is 4.40. The summed E-state index contributed by atoms with van der Waals surface area (Å²) in [6.45, 7) is 16.1. The maximum atomic E-state index is 13.0. The smallest absolute Gasteiger partial charge is 0.256 e. The fourth-order valence-corrected chi connectivity index (χ4v) is 3.22. The highest BCUT2D eigenvalue weighted by atomic mass is 16.5. The fraction of sp³-hybridized carbons (Fsp3) is 0.684. The van der Waals surface area contributed by atoms with Gasteiger partial charge in [0.25, 0.3) is 5.91 Å². The number of rotatable bonds is 2. The van der Waals surface area contributed by atoms with Crippen molar-refractivity contribution in [2.45, 2.75) is 71.9 Å². The topological polar surface area (TPSA) is 42.4 Å². The van der Waals surface area contributed by atoms with E-state index >= 15 is 0 Å². The molecule has 4 heteroatoms. The normalized spacial score (nSPS) is 22.5. The number of hydrogen-bond donors (Lipinski definition) is 0. The van der Waals surface area contributed by atoms with Gasteiger partial charge in [0.2, 0.25) is 0 Å². The van der Waals surface area contributed by atoms with E-state index in [9.17, 15) is 4.79 Å². The van der Waals surface area contributed by atoms with Gasteiger partial charge in [-0.15, -0.1) is 0 Å². The van der Waals surface area contributed by atoms with Crippen molar-refractivity contribution in [1.82, 2.24) is 9.88 Å². The number of aromatic nitrogens is 1. The lowest BCUT2D eigenvalue weighted by atomic mass is 9.84. The average Bonchev–Trinajstić information content (AvgIpc) is 2.45. The van der Waals surface area contributed by atoms with Gasteiger partial charge in [-0.05, 0) is 31.4 Å². The van der Waals surface area contributed by atoms with Gasteiger partial charge in [-0.1, -0.05) is 34.6 Å². The molecule has 0 saturated carbocycles. The third-order valence-electron chi connectivity index (χ3n) is 4.40. The number of nitrogens with zero attached hydrogens (tertiary/aromatic N) is 2. The second-order valence-corrected chi connectivity index (χ2v) is 8.01. The molecule has 0 aromatic carbocycles. The summed E-state index contributed by atoms with van der Waals surface area (Å²) >= 11 is 0. The molecule has 0 spiro atoms. The van der Waals surface area contributed by atoms with Gasteiger partial charge in [-0.25, -0.2) is 0 Å². The number of carbonyl (C=O) groups excluding carboxylic acids is 1. The van der Waals surface area contributed by atoms with Crippen LogP contribution in [-0.4, -0.2) is 41.1 Å². The molecule has 23 heavy (non-hydrogen) atoms. The zero-order valence-corrected chi connectivity index (χ0v) is 15.5. The lowest BCUT2D eigenvalue weighted by Crippen LogP contribution is -2.52. The molecule has 1 fully saturated rings. The van der Waals surface area contributed by atoms with Crippen LogP contribution in [0.3, 0.4) is 0 Å². The van der Waals surface area contributed by atoms with Crippen molar-refractivity contribution in [3.63, 3.8) is 0 Å². The van der Waals surface area contributed by atoms with Crippen molar-refractivity contribution in [3.05, 3.63) is 29.1 Å². The van der Waals surface area contributed by atoms with Gasteiger partial charge >= 0.3 is 0 Å². The van der Waals surface area contributed by atoms with Crippen molar-refractivity contribution >= 4 is 5.91 Å². The zero-order valence-electron chi connectivity index (χ0n) is 15.5. The van der Waals surface area contributed by atoms with Gasteiger partial charge in [0, 0.05) is 17.3 Å². The first-order valence-corrected chi connectivity index (χ1v) is 8.53. The molecular formula is C19H30N2O2. The van der Waals surface area contributed by atoms with E-state index in [1.807, 2.05) is 24.8 Å². The van der Waals surface area contributed by atoms with Gasteiger partial charge in [-0.3, -0.25) is 9.78 Å². The summed E-state index contributed by atoms with van der Waals surface area (Å²) in [6.07, 6.45) is 1.74. The molecule has 0 aliphatic carbocycles. The molecule has 2 unspecified atom stereocenters. The standard InChI is InChI=1S/C19H30N2O2/c1-12(2)16-8-15(9-20-17(16)19(5,6)7)18(22)21-13(3)10-23-11-14(21)4/h8-9,12-14H,10-11H2,1-7H3. The summed E-state index contributed by atoms with van der Waals surface area (Å²) < 4.78 is 5.53. The molecule has 2 rings (SSSR count). The van der Waals surface area contributed by atoms with Crippen LogP contribution in [0.25, 0.3) is 0 Å². The van der Waals surface area contributed by atoms with Crippen LogP contribution in [0.5, 0.6) is 0 Å². The zero-order chi connectivity index (χ0) is 17.4. The maximum Gasteiger partial charge on any atom is 0.256 e. The molecule has 1 aliphatic heterocycles. The molecule has 128 valence electrons. The monoisotopic (exact) mass is 318 g/mol. The third kappa shape index (κ3) is 3.74. The van der Waals surface area contributed by atoms with Gasteiger partial charge in [0.15, 0.2) is 0 Å². The van der Waals surface area contributed by atoms with Crippen LogP contribution in [-0.2, 0) is 10.2 Å². The Morgan fingerprint density at radius 3 is 2.30 bits per heavy atom. The summed E-state index contributed by atoms with van der Waals surface area (Å²) in [5, 5.41) is 0. The van der Waals surface area contributed by atoms with Crippen LogP contribution in [0, 0.1) is 0 Å².